The minimum atomic E-state index is 0.264. The number of benzene rings is 1. The summed E-state index contributed by atoms with van der Waals surface area (Å²) in [6, 6.07) is 6.68. The van der Waals surface area contributed by atoms with E-state index in [2.05, 4.69) is 17.5 Å². The fourth-order valence-corrected chi connectivity index (χ4v) is 5.24. The molecule has 1 aromatic rings. The summed E-state index contributed by atoms with van der Waals surface area (Å²) in [6.45, 7) is 1.12. The van der Waals surface area contributed by atoms with Gasteiger partial charge in [-0.3, -0.25) is 0 Å². The molecule has 18 heavy (non-hydrogen) atoms. The van der Waals surface area contributed by atoms with Gasteiger partial charge in [-0.15, -0.1) is 0 Å². The predicted octanol–water partition coefficient (Wildman–Crippen LogP) is 2.37. The summed E-state index contributed by atoms with van der Waals surface area (Å²) in [6.07, 6.45) is 7.56. The van der Waals surface area contributed by atoms with Crippen molar-refractivity contribution in [2.24, 2.45) is 0 Å². The standard InChI is InChI=1S/C16H17NO/c18-10-4-5-11-13(7-10)15-6-2-1-3-12(15)14-16(11,8-15)9-17-14/h3-5,7,14,17-18H,1-2,6,8-9H2/t14-,15+,16?/m0/s1. The fourth-order valence-electron chi connectivity index (χ4n) is 5.24. The van der Waals surface area contributed by atoms with Crippen LogP contribution in [0.15, 0.2) is 29.8 Å². The number of rotatable bonds is 0. The molecule has 1 heterocycles. The second-order valence-electron chi connectivity index (χ2n) is 6.51. The van der Waals surface area contributed by atoms with Crippen molar-refractivity contribution in [1.82, 2.24) is 5.32 Å². The minimum absolute atomic E-state index is 0.264. The first-order valence-corrected chi connectivity index (χ1v) is 7.04. The van der Waals surface area contributed by atoms with Gasteiger partial charge in [-0.05, 0) is 54.5 Å². The molecule has 2 fully saturated rings. The summed E-state index contributed by atoms with van der Waals surface area (Å²) in [7, 11) is 0. The lowest BCUT2D eigenvalue weighted by Gasteiger charge is -2.49. The zero-order valence-corrected chi connectivity index (χ0v) is 10.4. The number of fused-ring (bicyclic) bond motifs is 2. The molecule has 1 aromatic carbocycles. The summed E-state index contributed by atoms with van der Waals surface area (Å²) < 4.78 is 0. The van der Waals surface area contributed by atoms with Gasteiger partial charge >= 0.3 is 0 Å². The fraction of sp³-hybridized carbons (Fsp3) is 0.500. The smallest absolute Gasteiger partial charge is 0.115 e. The molecule has 5 rings (SSSR count). The molecule has 3 aliphatic carbocycles. The molecule has 1 unspecified atom stereocenters. The number of nitrogens with one attached hydrogen (secondary N) is 1. The first kappa shape index (κ1) is 9.62. The van der Waals surface area contributed by atoms with Crippen molar-refractivity contribution in [2.45, 2.75) is 42.6 Å². The molecule has 3 atom stereocenters. The number of hydrogen-bond acceptors (Lipinski definition) is 2. The largest absolute Gasteiger partial charge is 0.508 e. The van der Waals surface area contributed by atoms with E-state index in [-0.39, 0.29) is 5.41 Å². The summed E-state index contributed by atoms with van der Waals surface area (Å²) >= 11 is 0. The van der Waals surface area contributed by atoms with Crippen LogP contribution in [0.4, 0.5) is 0 Å². The molecule has 1 aliphatic heterocycles. The maximum atomic E-state index is 9.84. The molecule has 0 radical (unpaired) electrons. The summed E-state index contributed by atoms with van der Waals surface area (Å²) in [5, 5.41) is 13.5. The van der Waals surface area contributed by atoms with Gasteiger partial charge in [0, 0.05) is 23.4 Å². The van der Waals surface area contributed by atoms with Gasteiger partial charge in [0.05, 0.1) is 0 Å². The number of phenolic OH excluding ortho intramolecular Hbond substituents is 1. The summed E-state index contributed by atoms with van der Waals surface area (Å²) in [5.41, 5.74) is 5.21. The Balaban J connectivity index is 1.87. The van der Waals surface area contributed by atoms with Crippen molar-refractivity contribution in [3.8, 4) is 5.75 Å². The van der Waals surface area contributed by atoms with Crippen LogP contribution in [0.5, 0.6) is 5.75 Å². The highest BCUT2D eigenvalue weighted by Gasteiger charge is 2.69. The van der Waals surface area contributed by atoms with Crippen LogP contribution in [0.2, 0.25) is 0 Å². The first-order valence-electron chi connectivity index (χ1n) is 7.04. The van der Waals surface area contributed by atoms with Crippen molar-refractivity contribution in [2.75, 3.05) is 6.54 Å². The predicted molar refractivity (Wildman–Crippen MR) is 69.8 cm³/mol. The average molecular weight is 239 g/mol. The molecule has 2 spiro atoms. The third kappa shape index (κ3) is 0.777. The summed E-state index contributed by atoms with van der Waals surface area (Å²) in [5.74, 6) is 0.431. The van der Waals surface area contributed by atoms with Gasteiger partial charge in [-0.1, -0.05) is 12.1 Å². The van der Waals surface area contributed by atoms with Crippen LogP contribution in [-0.4, -0.2) is 17.7 Å². The SMILES string of the molecule is Oc1ccc2c(c1)[C@@]13CCCC=C1[C@@H]1NCC21C3. The van der Waals surface area contributed by atoms with Crippen LogP contribution >= 0.6 is 0 Å². The zero-order valence-electron chi connectivity index (χ0n) is 10.4. The van der Waals surface area contributed by atoms with Gasteiger partial charge in [0.2, 0.25) is 0 Å². The molecule has 0 aromatic heterocycles. The number of aromatic hydroxyl groups is 1. The molecular formula is C16H17NO. The van der Waals surface area contributed by atoms with E-state index in [1.54, 1.807) is 5.57 Å². The number of allylic oxidation sites excluding steroid dienone is 1. The maximum Gasteiger partial charge on any atom is 0.115 e. The molecule has 2 N–H and O–H groups in total. The van der Waals surface area contributed by atoms with E-state index in [9.17, 15) is 5.11 Å². The molecule has 92 valence electrons. The van der Waals surface area contributed by atoms with Crippen LogP contribution in [-0.2, 0) is 10.8 Å². The number of phenols is 1. The van der Waals surface area contributed by atoms with Crippen LogP contribution in [0, 0.1) is 0 Å². The second-order valence-corrected chi connectivity index (χ2v) is 6.51. The monoisotopic (exact) mass is 239 g/mol. The Labute approximate surface area is 107 Å². The normalized spacial score (nSPS) is 42.7. The summed E-state index contributed by atoms with van der Waals surface area (Å²) in [4.78, 5) is 0. The van der Waals surface area contributed by atoms with Gasteiger partial charge in [-0.2, -0.15) is 0 Å². The van der Waals surface area contributed by atoms with Crippen molar-refractivity contribution in [1.29, 1.82) is 0 Å². The molecule has 1 saturated carbocycles. The Kier molecular flexibility index (Phi) is 1.43. The van der Waals surface area contributed by atoms with Gasteiger partial charge in [0.25, 0.3) is 0 Å². The van der Waals surface area contributed by atoms with E-state index >= 15 is 0 Å². The van der Waals surface area contributed by atoms with Crippen LogP contribution in [0.3, 0.4) is 0 Å². The van der Waals surface area contributed by atoms with Crippen LogP contribution in [0.1, 0.15) is 36.8 Å². The maximum absolute atomic E-state index is 9.84. The Bertz CT molecular complexity index is 605. The third-order valence-electron chi connectivity index (χ3n) is 5.88. The Morgan fingerprint density at radius 3 is 3.06 bits per heavy atom. The minimum Gasteiger partial charge on any atom is -0.508 e. The van der Waals surface area contributed by atoms with E-state index in [0.717, 1.165) is 6.54 Å². The van der Waals surface area contributed by atoms with Crippen molar-refractivity contribution >= 4 is 0 Å². The average Bonchev–Trinajstić information content (AvgIpc) is 2.74. The van der Waals surface area contributed by atoms with E-state index in [1.165, 1.54) is 36.8 Å². The van der Waals surface area contributed by atoms with Gasteiger partial charge < -0.3 is 10.4 Å². The zero-order chi connectivity index (χ0) is 12.0. The highest BCUT2D eigenvalue weighted by Crippen LogP contribution is 2.68. The van der Waals surface area contributed by atoms with Gasteiger partial charge in [0.15, 0.2) is 0 Å². The quantitative estimate of drug-likeness (QED) is 0.681. The van der Waals surface area contributed by atoms with Gasteiger partial charge in [-0.25, -0.2) is 0 Å². The molecule has 1 saturated heterocycles. The van der Waals surface area contributed by atoms with Crippen molar-refractivity contribution < 1.29 is 5.11 Å². The lowest BCUT2D eigenvalue weighted by Crippen LogP contribution is -2.63. The molecular weight excluding hydrogens is 222 g/mol. The first-order chi connectivity index (χ1) is 8.76. The second kappa shape index (κ2) is 2.67. The topological polar surface area (TPSA) is 32.3 Å². The highest BCUT2D eigenvalue weighted by atomic mass is 16.3. The van der Waals surface area contributed by atoms with Gasteiger partial charge in [0.1, 0.15) is 5.75 Å². The Hall–Kier alpha value is -1.28. The van der Waals surface area contributed by atoms with E-state index < -0.39 is 0 Å². The Morgan fingerprint density at radius 1 is 1.28 bits per heavy atom. The molecule has 0 amide bonds. The third-order valence-corrected chi connectivity index (χ3v) is 5.88. The van der Waals surface area contributed by atoms with Crippen molar-refractivity contribution in [3.63, 3.8) is 0 Å². The number of hydrogen-bond donors (Lipinski definition) is 2. The lowest BCUT2D eigenvalue weighted by molar-refractivity contribution is 0.236. The van der Waals surface area contributed by atoms with E-state index in [4.69, 9.17) is 0 Å². The Morgan fingerprint density at radius 2 is 2.22 bits per heavy atom. The molecule has 2 bridgehead atoms. The van der Waals surface area contributed by atoms with Crippen molar-refractivity contribution in [3.05, 3.63) is 41.0 Å². The molecule has 2 nitrogen and oxygen atoms in total. The van der Waals surface area contributed by atoms with Crippen LogP contribution in [0.25, 0.3) is 0 Å². The van der Waals surface area contributed by atoms with Crippen LogP contribution < -0.4 is 5.32 Å². The van der Waals surface area contributed by atoms with E-state index in [0.29, 0.717) is 17.2 Å². The molecule has 2 heteroatoms. The lowest BCUT2D eigenvalue weighted by atomic mass is 9.64. The highest BCUT2D eigenvalue weighted by molar-refractivity contribution is 5.65. The molecule has 4 aliphatic rings. The van der Waals surface area contributed by atoms with E-state index in [1.807, 2.05) is 12.1 Å².